The summed E-state index contributed by atoms with van der Waals surface area (Å²) in [6.45, 7) is 4.59. The van der Waals surface area contributed by atoms with Crippen molar-refractivity contribution in [2.75, 3.05) is 11.3 Å². The Labute approximate surface area is 132 Å². The van der Waals surface area contributed by atoms with Crippen molar-refractivity contribution < 1.29 is 13.2 Å². The van der Waals surface area contributed by atoms with Gasteiger partial charge >= 0.3 is 0 Å². The maximum atomic E-state index is 12.2. The third-order valence-corrected chi connectivity index (χ3v) is 4.45. The van der Waals surface area contributed by atoms with Gasteiger partial charge in [-0.1, -0.05) is 31.2 Å². The average Bonchev–Trinajstić information content (AvgIpc) is 2.48. The lowest BCUT2D eigenvalue weighted by atomic mass is 10.1. The Kier molecular flexibility index (Phi) is 5.44. The van der Waals surface area contributed by atoms with Gasteiger partial charge in [-0.05, 0) is 48.7 Å². The SMILES string of the molecule is CCCOc1ccc(NS(=O)(=O)Cc2ccccc2C)cc1. The van der Waals surface area contributed by atoms with E-state index in [1.54, 1.807) is 24.3 Å². The highest BCUT2D eigenvalue weighted by Crippen LogP contribution is 2.19. The Balaban J connectivity index is 2.04. The molecule has 2 aromatic carbocycles. The molecule has 0 aliphatic rings. The molecule has 0 saturated heterocycles. The van der Waals surface area contributed by atoms with Crippen LogP contribution in [-0.4, -0.2) is 15.0 Å². The van der Waals surface area contributed by atoms with Gasteiger partial charge in [0.25, 0.3) is 0 Å². The summed E-state index contributed by atoms with van der Waals surface area (Å²) >= 11 is 0. The van der Waals surface area contributed by atoms with E-state index in [1.165, 1.54) is 0 Å². The highest BCUT2D eigenvalue weighted by atomic mass is 32.2. The topological polar surface area (TPSA) is 55.4 Å². The normalized spacial score (nSPS) is 11.2. The molecule has 1 N–H and O–H groups in total. The largest absolute Gasteiger partial charge is 0.494 e. The monoisotopic (exact) mass is 319 g/mol. The second kappa shape index (κ2) is 7.31. The third kappa shape index (κ3) is 4.77. The number of hydrogen-bond donors (Lipinski definition) is 1. The van der Waals surface area contributed by atoms with Crippen LogP contribution in [0.4, 0.5) is 5.69 Å². The van der Waals surface area contributed by atoms with E-state index in [-0.39, 0.29) is 5.75 Å². The number of hydrogen-bond acceptors (Lipinski definition) is 3. The van der Waals surface area contributed by atoms with Gasteiger partial charge in [0.15, 0.2) is 0 Å². The lowest BCUT2D eigenvalue weighted by molar-refractivity contribution is 0.317. The smallest absolute Gasteiger partial charge is 0.236 e. The van der Waals surface area contributed by atoms with Crippen molar-refractivity contribution in [1.82, 2.24) is 0 Å². The minimum Gasteiger partial charge on any atom is -0.494 e. The molecule has 2 aromatic rings. The van der Waals surface area contributed by atoms with E-state index in [0.29, 0.717) is 12.3 Å². The molecule has 118 valence electrons. The zero-order valence-electron chi connectivity index (χ0n) is 12.9. The van der Waals surface area contributed by atoms with Gasteiger partial charge in [-0.25, -0.2) is 8.42 Å². The van der Waals surface area contributed by atoms with Gasteiger partial charge in [0, 0.05) is 5.69 Å². The minimum atomic E-state index is -3.43. The molecular formula is C17H21NO3S. The molecule has 0 aromatic heterocycles. The predicted octanol–water partition coefficient (Wildman–Crippen LogP) is 3.73. The van der Waals surface area contributed by atoms with Gasteiger partial charge in [-0.15, -0.1) is 0 Å². The van der Waals surface area contributed by atoms with E-state index >= 15 is 0 Å². The first-order valence-electron chi connectivity index (χ1n) is 7.28. The Morgan fingerprint density at radius 1 is 1.05 bits per heavy atom. The summed E-state index contributed by atoms with van der Waals surface area (Å²) in [5.74, 6) is 0.706. The van der Waals surface area contributed by atoms with Crippen LogP contribution < -0.4 is 9.46 Å². The summed E-state index contributed by atoms with van der Waals surface area (Å²) in [6.07, 6.45) is 0.935. The first-order chi connectivity index (χ1) is 10.5. The van der Waals surface area contributed by atoms with Crippen molar-refractivity contribution in [3.8, 4) is 5.75 Å². The molecular weight excluding hydrogens is 298 g/mol. The van der Waals surface area contributed by atoms with Crippen molar-refractivity contribution >= 4 is 15.7 Å². The van der Waals surface area contributed by atoms with Crippen LogP contribution in [0.15, 0.2) is 48.5 Å². The van der Waals surface area contributed by atoms with Crippen LogP contribution in [0.1, 0.15) is 24.5 Å². The second-order valence-electron chi connectivity index (χ2n) is 5.16. The maximum Gasteiger partial charge on any atom is 0.236 e. The molecule has 0 heterocycles. The molecule has 0 saturated carbocycles. The molecule has 0 bridgehead atoms. The van der Waals surface area contributed by atoms with Gasteiger partial charge < -0.3 is 4.74 Å². The van der Waals surface area contributed by atoms with E-state index in [0.717, 1.165) is 23.3 Å². The Bertz CT molecular complexity index is 709. The van der Waals surface area contributed by atoms with Crippen LogP contribution in [0.3, 0.4) is 0 Å². The standard InChI is InChI=1S/C17H21NO3S/c1-3-12-21-17-10-8-16(9-11-17)18-22(19,20)13-15-7-5-4-6-14(15)2/h4-11,18H,3,12-13H2,1-2H3. The van der Waals surface area contributed by atoms with Crippen LogP contribution >= 0.6 is 0 Å². The highest BCUT2D eigenvalue weighted by Gasteiger charge is 2.13. The lowest BCUT2D eigenvalue weighted by Crippen LogP contribution is -2.15. The van der Waals surface area contributed by atoms with Gasteiger partial charge in [0.05, 0.1) is 12.4 Å². The van der Waals surface area contributed by atoms with Gasteiger partial charge in [-0.2, -0.15) is 0 Å². The number of rotatable bonds is 7. The van der Waals surface area contributed by atoms with Gasteiger partial charge in [-0.3, -0.25) is 4.72 Å². The quantitative estimate of drug-likeness (QED) is 0.846. The average molecular weight is 319 g/mol. The summed E-state index contributed by atoms with van der Waals surface area (Å²) in [5, 5.41) is 0. The highest BCUT2D eigenvalue weighted by molar-refractivity contribution is 7.91. The van der Waals surface area contributed by atoms with E-state index < -0.39 is 10.0 Å². The van der Waals surface area contributed by atoms with Gasteiger partial charge in [0.1, 0.15) is 5.75 Å². The second-order valence-corrected chi connectivity index (χ2v) is 6.88. The van der Waals surface area contributed by atoms with Crippen molar-refractivity contribution in [2.24, 2.45) is 0 Å². The van der Waals surface area contributed by atoms with Crippen molar-refractivity contribution in [3.63, 3.8) is 0 Å². The fraction of sp³-hybridized carbons (Fsp3) is 0.294. The maximum absolute atomic E-state index is 12.2. The molecule has 0 fully saturated rings. The van der Waals surface area contributed by atoms with E-state index in [9.17, 15) is 8.42 Å². The summed E-state index contributed by atoms with van der Waals surface area (Å²) in [6, 6.07) is 14.4. The Morgan fingerprint density at radius 2 is 1.73 bits per heavy atom. The van der Waals surface area contributed by atoms with Crippen LogP contribution in [0.2, 0.25) is 0 Å². The fourth-order valence-electron chi connectivity index (χ4n) is 2.03. The fourth-order valence-corrected chi connectivity index (χ4v) is 3.33. The molecule has 22 heavy (non-hydrogen) atoms. The van der Waals surface area contributed by atoms with E-state index in [2.05, 4.69) is 4.72 Å². The first-order valence-corrected chi connectivity index (χ1v) is 8.93. The van der Waals surface area contributed by atoms with Crippen molar-refractivity contribution in [2.45, 2.75) is 26.0 Å². The number of nitrogens with one attached hydrogen (secondary N) is 1. The van der Waals surface area contributed by atoms with Crippen molar-refractivity contribution in [1.29, 1.82) is 0 Å². The molecule has 0 aliphatic heterocycles. The van der Waals surface area contributed by atoms with E-state index in [4.69, 9.17) is 4.74 Å². The zero-order chi connectivity index (χ0) is 16.0. The van der Waals surface area contributed by atoms with E-state index in [1.807, 2.05) is 38.1 Å². The lowest BCUT2D eigenvalue weighted by Gasteiger charge is -2.10. The summed E-state index contributed by atoms with van der Waals surface area (Å²) in [4.78, 5) is 0. The third-order valence-electron chi connectivity index (χ3n) is 3.21. The molecule has 0 amide bonds. The molecule has 5 heteroatoms. The molecule has 4 nitrogen and oxygen atoms in total. The minimum absolute atomic E-state index is 0.0340. The van der Waals surface area contributed by atoms with Crippen LogP contribution in [0.5, 0.6) is 5.75 Å². The summed E-state index contributed by atoms with van der Waals surface area (Å²) in [7, 11) is -3.43. The number of benzene rings is 2. The summed E-state index contributed by atoms with van der Waals surface area (Å²) < 4.78 is 32.5. The molecule has 0 aliphatic carbocycles. The number of aryl methyl sites for hydroxylation is 1. The Hall–Kier alpha value is -2.01. The first kappa shape index (κ1) is 16.4. The molecule has 2 rings (SSSR count). The molecule has 0 radical (unpaired) electrons. The molecule has 0 atom stereocenters. The van der Waals surface area contributed by atoms with Crippen LogP contribution in [-0.2, 0) is 15.8 Å². The number of sulfonamides is 1. The summed E-state index contributed by atoms with van der Waals surface area (Å²) in [5.41, 5.74) is 2.31. The van der Waals surface area contributed by atoms with Crippen molar-refractivity contribution in [3.05, 3.63) is 59.7 Å². The molecule has 0 unspecified atom stereocenters. The number of ether oxygens (including phenoxy) is 1. The zero-order valence-corrected chi connectivity index (χ0v) is 13.7. The molecule has 0 spiro atoms. The van der Waals surface area contributed by atoms with Gasteiger partial charge in [0.2, 0.25) is 10.0 Å². The van der Waals surface area contributed by atoms with Crippen LogP contribution in [0.25, 0.3) is 0 Å². The predicted molar refractivity (Wildman–Crippen MR) is 89.7 cm³/mol. The van der Waals surface area contributed by atoms with Crippen LogP contribution in [0, 0.1) is 6.92 Å². The Morgan fingerprint density at radius 3 is 2.36 bits per heavy atom. The number of anilines is 1.